The fraction of sp³-hybridized carbons (Fsp3) is 0.559. The predicted octanol–water partition coefficient (Wildman–Crippen LogP) is -4.00. The number of fused-ring (bicyclic) bond motifs is 1. The van der Waals surface area contributed by atoms with Crippen molar-refractivity contribution < 1.29 is 93.7 Å². The molecule has 3 fully saturated rings. The van der Waals surface area contributed by atoms with Crippen molar-refractivity contribution in [2.24, 2.45) is 0 Å². The van der Waals surface area contributed by atoms with Gasteiger partial charge in [0.2, 0.25) is 11.7 Å². The summed E-state index contributed by atoms with van der Waals surface area (Å²) >= 11 is 0. The fourth-order valence-electron chi connectivity index (χ4n) is 6.39. The van der Waals surface area contributed by atoms with Crippen LogP contribution < -0.4 is 14.9 Å². The first-order chi connectivity index (χ1) is 25.8. The van der Waals surface area contributed by atoms with Crippen LogP contribution in [0.3, 0.4) is 0 Å². The van der Waals surface area contributed by atoms with Crippen LogP contribution in [0.1, 0.15) is 0 Å². The lowest BCUT2D eigenvalue weighted by Crippen LogP contribution is -2.65. The van der Waals surface area contributed by atoms with Crippen molar-refractivity contribution in [2.75, 3.05) is 26.9 Å². The van der Waals surface area contributed by atoms with E-state index in [2.05, 4.69) is 0 Å². The van der Waals surface area contributed by atoms with Crippen molar-refractivity contribution in [2.45, 2.75) is 92.1 Å². The molecule has 20 heteroatoms. The zero-order valence-corrected chi connectivity index (χ0v) is 28.4. The number of benzene rings is 2. The molecule has 54 heavy (non-hydrogen) atoms. The van der Waals surface area contributed by atoms with Gasteiger partial charge in [0.05, 0.1) is 32.5 Å². The van der Waals surface area contributed by atoms with E-state index in [4.69, 9.17) is 37.6 Å². The number of hydrogen-bond acceptors (Lipinski definition) is 20. The SMILES string of the molecule is COc1ccc(-c2coc3cc(O[C@@H]4O[C@H](CO[C@@H]5O[C@H](CO)[C@@H](O)[C@H](O)[C@H]5O)[C@@H](O)[C@H](O)[C@H]4O[C@@H]4O[C@H](CO)[C@@H](O)[C@H](O)[C@H]4O)cc(O)c3c2=O)cc1. The topological polar surface area (TPSA) is 317 Å². The molecule has 0 bridgehead atoms. The van der Waals surface area contributed by atoms with Gasteiger partial charge in [0.1, 0.15) is 102 Å². The Hall–Kier alpha value is -3.55. The fourth-order valence-corrected chi connectivity index (χ4v) is 6.39. The number of hydrogen-bond donors (Lipinski definition) is 11. The molecule has 3 aliphatic rings. The molecule has 11 N–H and O–H groups in total. The van der Waals surface area contributed by atoms with E-state index in [0.717, 1.165) is 6.07 Å². The van der Waals surface area contributed by atoms with Crippen molar-refractivity contribution in [3.05, 3.63) is 52.9 Å². The van der Waals surface area contributed by atoms with Crippen molar-refractivity contribution in [1.29, 1.82) is 0 Å². The van der Waals surface area contributed by atoms with Crippen LogP contribution in [0, 0.1) is 0 Å². The highest BCUT2D eigenvalue weighted by Crippen LogP contribution is 2.35. The Bertz CT molecular complexity index is 1760. The van der Waals surface area contributed by atoms with E-state index < -0.39 is 123 Å². The van der Waals surface area contributed by atoms with Gasteiger partial charge in [-0.15, -0.1) is 0 Å². The third-order valence-electron chi connectivity index (χ3n) is 9.54. The van der Waals surface area contributed by atoms with Gasteiger partial charge in [0.25, 0.3) is 0 Å². The Morgan fingerprint density at radius 2 is 1.24 bits per heavy atom. The first kappa shape index (κ1) is 40.1. The standard InChI is InChI=1S/C34H42O20/c1-47-13-4-2-12(3-5-13)15-10-48-17-7-14(6-16(37)21(17)22(15)38)50-34-31(54-33-30(46)27(43)24(40)19(9-36)52-33)28(44)25(41)20(53-34)11-49-32-29(45)26(42)23(39)18(8-35)51-32/h2-7,10,18-20,23-37,39-46H,8-9,11H2,1H3/t18-,19-,20-,23-,24-,25-,26+,27+,28+,29-,30-,31-,32-,33+,34-/m1/s1. The minimum atomic E-state index is -1.97. The van der Waals surface area contributed by atoms with E-state index in [1.54, 1.807) is 24.3 Å². The van der Waals surface area contributed by atoms with Crippen LogP contribution in [0.4, 0.5) is 0 Å². The lowest BCUT2D eigenvalue weighted by Gasteiger charge is -2.46. The van der Waals surface area contributed by atoms with Crippen LogP contribution >= 0.6 is 0 Å². The minimum absolute atomic E-state index is 0.122. The van der Waals surface area contributed by atoms with Gasteiger partial charge in [0, 0.05) is 12.1 Å². The van der Waals surface area contributed by atoms with Gasteiger partial charge >= 0.3 is 0 Å². The highest BCUT2D eigenvalue weighted by molar-refractivity contribution is 5.88. The second kappa shape index (κ2) is 16.7. The van der Waals surface area contributed by atoms with E-state index in [-0.39, 0.29) is 22.3 Å². The molecule has 4 heterocycles. The van der Waals surface area contributed by atoms with Gasteiger partial charge in [-0.2, -0.15) is 0 Å². The van der Waals surface area contributed by atoms with E-state index in [1.165, 1.54) is 19.4 Å². The molecule has 2 aromatic carbocycles. The number of rotatable bonds is 11. The van der Waals surface area contributed by atoms with E-state index in [0.29, 0.717) is 11.3 Å². The van der Waals surface area contributed by atoms with Crippen molar-refractivity contribution in [3.63, 3.8) is 0 Å². The number of aliphatic hydroxyl groups excluding tert-OH is 10. The molecule has 0 saturated carbocycles. The number of aliphatic hydroxyl groups is 10. The molecule has 298 valence electrons. The number of ether oxygens (including phenoxy) is 7. The van der Waals surface area contributed by atoms with Crippen LogP contribution in [-0.4, -0.2) is 175 Å². The van der Waals surface area contributed by atoms with Crippen LogP contribution in [0.15, 0.2) is 51.9 Å². The van der Waals surface area contributed by atoms with Crippen molar-refractivity contribution in [1.82, 2.24) is 0 Å². The zero-order valence-electron chi connectivity index (χ0n) is 28.4. The molecule has 1 aromatic heterocycles. The number of phenols is 1. The molecular formula is C34H42O20. The summed E-state index contributed by atoms with van der Waals surface area (Å²) in [6.07, 6.45) is -24.9. The molecule has 3 saturated heterocycles. The smallest absolute Gasteiger partial charge is 0.229 e. The average molecular weight is 771 g/mol. The Morgan fingerprint density at radius 1 is 0.667 bits per heavy atom. The first-order valence-electron chi connectivity index (χ1n) is 16.8. The van der Waals surface area contributed by atoms with Crippen LogP contribution in [0.2, 0.25) is 0 Å². The molecule has 0 radical (unpaired) electrons. The lowest BCUT2D eigenvalue weighted by molar-refractivity contribution is -0.363. The highest BCUT2D eigenvalue weighted by atomic mass is 16.8. The lowest BCUT2D eigenvalue weighted by atomic mass is 9.97. The maximum atomic E-state index is 13.5. The summed E-state index contributed by atoms with van der Waals surface area (Å²) in [4.78, 5) is 13.5. The van der Waals surface area contributed by atoms with E-state index >= 15 is 0 Å². The van der Waals surface area contributed by atoms with Gasteiger partial charge in [0.15, 0.2) is 18.7 Å². The van der Waals surface area contributed by atoms with Crippen molar-refractivity contribution in [3.8, 4) is 28.4 Å². The van der Waals surface area contributed by atoms with Crippen LogP contribution in [0.5, 0.6) is 17.2 Å². The third kappa shape index (κ3) is 7.77. The Kier molecular flexibility index (Phi) is 12.4. The van der Waals surface area contributed by atoms with E-state index in [1.807, 2.05) is 0 Å². The largest absolute Gasteiger partial charge is 0.507 e. The summed E-state index contributed by atoms with van der Waals surface area (Å²) in [5.41, 5.74) is -0.138. The zero-order chi connectivity index (χ0) is 39.0. The third-order valence-corrected chi connectivity index (χ3v) is 9.54. The molecule has 3 aromatic rings. The molecule has 20 nitrogen and oxygen atoms in total. The molecule has 0 unspecified atom stereocenters. The van der Waals surface area contributed by atoms with Gasteiger partial charge in [-0.1, -0.05) is 12.1 Å². The average Bonchev–Trinajstić information content (AvgIpc) is 3.16. The molecule has 0 amide bonds. The maximum absolute atomic E-state index is 13.5. The Balaban J connectivity index is 1.28. The summed E-state index contributed by atoms with van der Waals surface area (Å²) in [5, 5.41) is 114. The van der Waals surface area contributed by atoms with Gasteiger partial charge in [-0.05, 0) is 17.7 Å². The quantitative estimate of drug-likeness (QED) is 0.0885. The predicted molar refractivity (Wildman–Crippen MR) is 176 cm³/mol. The number of aromatic hydroxyl groups is 1. The summed E-state index contributed by atoms with van der Waals surface area (Å²) in [5.74, 6) is -0.269. The monoisotopic (exact) mass is 770 g/mol. The minimum Gasteiger partial charge on any atom is -0.507 e. The summed E-state index contributed by atoms with van der Waals surface area (Å²) < 4.78 is 44.7. The molecule has 0 aliphatic carbocycles. The highest BCUT2D eigenvalue weighted by Gasteiger charge is 2.52. The Morgan fingerprint density at radius 3 is 1.85 bits per heavy atom. The van der Waals surface area contributed by atoms with Crippen LogP contribution in [0.25, 0.3) is 22.1 Å². The first-order valence-corrected chi connectivity index (χ1v) is 16.8. The summed E-state index contributed by atoms with van der Waals surface area (Å²) in [7, 11) is 1.49. The van der Waals surface area contributed by atoms with Crippen molar-refractivity contribution >= 4 is 11.0 Å². The summed E-state index contributed by atoms with van der Waals surface area (Å²) in [6, 6.07) is 8.76. The second-order valence-electron chi connectivity index (χ2n) is 13.0. The van der Waals surface area contributed by atoms with Gasteiger partial charge in [-0.25, -0.2) is 0 Å². The molecule has 6 rings (SSSR count). The number of methoxy groups -OCH3 is 1. The molecule has 15 atom stereocenters. The molecule has 0 spiro atoms. The van der Waals surface area contributed by atoms with E-state index in [9.17, 15) is 61.0 Å². The maximum Gasteiger partial charge on any atom is 0.229 e. The van der Waals surface area contributed by atoms with Gasteiger partial charge in [-0.3, -0.25) is 4.79 Å². The van der Waals surface area contributed by atoms with Crippen LogP contribution in [-0.2, 0) is 23.7 Å². The summed E-state index contributed by atoms with van der Waals surface area (Å²) in [6.45, 7) is -2.24. The Labute approximate surface area is 305 Å². The normalized spacial score (nSPS) is 37.3. The van der Waals surface area contributed by atoms with Gasteiger partial charge < -0.3 is 93.7 Å². The second-order valence-corrected chi connectivity index (χ2v) is 13.0. The molecule has 3 aliphatic heterocycles. The molecular weight excluding hydrogens is 728 g/mol. The number of phenolic OH excluding ortho intramolecular Hbond substituents is 1.